The van der Waals surface area contributed by atoms with Crippen LogP contribution in [0.4, 0.5) is 5.69 Å². The first kappa shape index (κ1) is 16.5. The molecule has 0 atom stereocenters. The van der Waals surface area contributed by atoms with E-state index in [4.69, 9.17) is 0 Å². The van der Waals surface area contributed by atoms with E-state index in [2.05, 4.69) is 45.2 Å². The fourth-order valence-corrected chi connectivity index (χ4v) is 3.52. The number of benzene rings is 2. The van der Waals surface area contributed by atoms with Crippen LogP contribution in [0.15, 0.2) is 48.9 Å². The number of aryl methyl sites for hydroxylation is 2. The number of hydrogen-bond donors (Lipinski definition) is 2. The van der Waals surface area contributed by atoms with E-state index < -0.39 is 10.9 Å². The minimum absolute atomic E-state index is 0.557. The quantitative estimate of drug-likeness (QED) is 0.544. The zero-order valence-corrected chi connectivity index (χ0v) is 15.3. The Morgan fingerprint density at radius 3 is 2.65 bits per heavy atom. The van der Waals surface area contributed by atoms with Crippen molar-refractivity contribution in [2.24, 2.45) is 0 Å². The Labute approximate surface area is 152 Å². The maximum absolute atomic E-state index is 10.9. The number of hydrogen-bond acceptors (Lipinski definition) is 4. The summed E-state index contributed by atoms with van der Waals surface area (Å²) < 4.78 is 26.3. The molecule has 0 radical (unpaired) electrons. The van der Waals surface area contributed by atoms with E-state index in [0.29, 0.717) is 12.2 Å². The number of pyridine rings is 1. The van der Waals surface area contributed by atoms with E-state index in [1.54, 1.807) is 18.6 Å². The predicted octanol–water partition coefficient (Wildman–Crippen LogP) is 3.19. The van der Waals surface area contributed by atoms with Gasteiger partial charge in [-0.3, -0.25) is 9.71 Å². The van der Waals surface area contributed by atoms with Gasteiger partial charge >= 0.3 is 0 Å². The van der Waals surface area contributed by atoms with Crippen LogP contribution in [0.5, 0.6) is 0 Å². The summed E-state index contributed by atoms with van der Waals surface area (Å²) in [6, 6.07) is 11.6. The van der Waals surface area contributed by atoms with E-state index in [1.165, 1.54) is 11.1 Å². The first-order valence-corrected chi connectivity index (χ1v) is 9.40. The van der Waals surface area contributed by atoms with E-state index in [0.717, 1.165) is 27.5 Å². The van der Waals surface area contributed by atoms with Gasteiger partial charge in [-0.25, -0.2) is 13.4 Å². The summed E-state index contributed by atoms with van der Waals surface area (Å²) in [5.41, 5.74) is 6.79. The third-order valence-corrected chi connectivity index (χ3v) is 5.00. The molecule has 0 aliphatic rings. The van der Waals surface area contributed by atoms with Crippen LogP contribution < -0.4 is 4.72 Å². The number of aromatic nitrogens is 3. The number of nitrogens with one attached hydrogen (secondary N) is 1. The molecular weight excluding hydrogens is 348 g/mol. The zero-order chi connectivity index (χ0) is 18.3. The molecule has 0 aliphatic heterocycles. The van der Waals surface area contributed by atoms with Gasteiger partial charge in [0.25, 0.3) is 0 Å². The van der Waals surface area contributed by atoms with E-state index in [-0.39, 0.29) is 0 Å². The maximum Gasteiger partial charge on any atom is 0.222 e. The standard InChI is InChI=1S/C19H18N4O2S/c1-12-6-16-17(7-13(12)2)20-9-18-19(16)23(11-21-18)10-14-4-3-5-15(8-14)22-26(24)25/h3-9,11,26H,10H2,1-2H3,(H,22,24,25). The molecule has 2 aromatic carbocycles. The Morgan fingerprint density at radius 2 is 1.85 bits per heavy atom. The maximum atomic E-state index is 10.9. The van der Waals surface area contributed by atoms with Gasteiger partial charge in [-0.15, -0.1) is 0 Å². The highest BCUT2D eigenvalue weighted by atomic mass is 32.2. The molecule has 2 heterocycles. The SMILES string of the molecule is Cc1cc2ncc3ncn(Cc4cccc(N[SH](=O)=O)c4)c3c2cc1C. The van der Waals surface area contributed by atoms with Crippen LogP contribution >= 0.6 is 0 Å². The lowest BCUT2D eigenvalue weighted by Gasteiger charge is -2.09. The summed E-state index contributed by atoms with van der Waals surface area (Å²) >= 11 is 0. The molecule has 2 aromatic heterocycles. The van der Waals surface area contributed by atoms with Gasteiger partial charge in [0.05, 0.1) is 23.6 Å². The molecule has 0 bridgehead atoms. The van der Waals surface area contributed by atoms with Crippen LogP contribution in [0.2, 0.25) is 0 Å². The second-order valence-electron chi connectivity index (χ2n) is 6.39. The zero-order valence-electron chi connectivity index (χ0n) is 14.4. The number of imidazole rings is 1. The lowest BCUT2D eigenvalue weighted by molar-refractivity contribution is 0.619. The predicted molar refractivity (Wildman–Crippen MR) is 104 cm³/mol. The molecule has 4 aromatic rings. The van der Waals surface area contributed by atoms with Crippen molar-refractivity contribution in [1.29, 1.82) is 0 Å². The van der Waals surface area contributed by atoms with Crippen molar-refractivity contribution in [3.05, 3.63) is 65.6 Å². The Hall–Kier alpha value is -2.93. The molecule has 1 N–H and O–H groups in total. The molecule has 0 amide bonds. The molecule has 0 spiro atoms. The molecule has 0 unspecified atom stereocenters. The summed E-state index contributed by atoms with van der Waals surface area (Å²) in [6.07, 6.45) is 3.60. The van der Waals surface area contributed by atoms with Gasteiger partial charge < -0.3 is 4.57 Å². The fraction of sp³-hybridized carbons (Fsp3) is 0.158. The van der Waals surface area contributed by atoms with Gasteiger partial charge in [0.15, 0.2) is 0 Å². The molecule has 7 heteroatoms. The van der Waals surface area contributed by atoms with Gasteiger partial charge in [-0.2, -0.15) is 0 Å². The van der Waals surface area contributed by atoms with Gasteiger partial charge in [0, 0.05) is 17.6 Å². The van der Waals surface area contributed by atoms with Crippen molar-refractivity contribution in [1.82, 2.24) is 14.5 Å². The minimum atomic E-state index is -2.68. The lowest BCUT2D eigenvalue weighted by atomic mass is 10.1. The summed E-state index contributed by atoms with van der Waals surface area (Å²) in [4.78, 5) is 9.00. The number of rotatable bonds is 4. The molecule has 26 heavy (non-hydrogen) atoms. The van der Waals surface area contributed by atoms with E-state index in [1.807, 2.05) is 18.2 Å². The molecular formula is C19H18N4O2S. The van der Waals surface area contributed by atoms with Crippen molar-refractivity contribution in [3.8, 4) is 0 Å². The van der Waals surface area contributed by atoms with Crippen LogP contribution in [0.1, 0.15) is 16.7 Å². The third-order valence-electron chi connectivity index (χ3n) is 4.56. The summed E-state index contributed by atoms with van der Waals surface area (Å²) in [6.45, 7) is 4.76. The second-order valence-corrected chi connectivity index (χ2v) is 7.13. The van der Waals surface area contributed by atoms with Crippen molar-refractivity contribution >= 4 is 38.5 Å². The average Bonchev–Trinajstić information content (AvgIpc) is 2.99. The van der Waals surface area contributed by atoms with Gasteiger partial charge in [0.1, 0.15) is 5.52 Å². The highest BCUT2D eigenvalue weighted by Crippen LogP contribution is 2.26. The summed E-state index contributed by atoms with van der Waals surface area (Å²) in [5, 5.41) is 1.07. The topological polar surface area (TPSA) is 76.9 Å². The average molecular weight is 366 g/mol. The Balaban J connectivity index is 1.82. The van der Waals surface area contributed by atoms with Crippen LogP contribution in [0.3, 0.4) is 0 Å². The minimum Gasteiger partial charge on any atom is -0.325 e. The van der Waals surface area contributed by atoms with Gasteiger partial charge in [-0.1, -0.05) is 12.1 Å². The van der Waals surface area contributed by atoms with Crippen LogP contribution in [-0.4, -0.2) is 23.0 Å². The number of fused-ring (bicyclic) bond motifs is 3. The Morgan fingerprint density at radius 1 is 1.04 bits per heavy atom. The summed E-state index contributed by atoms with van der Waals surface area (Å²) in [7, 11) is -2.68. The molecule has 0 fully saturated rings. The highest BCUT2D eigenvalue weighted by molar-refractivity contribution is 7.73. The normalized spacial score (nSPS) is 11.5. The smallest absolute Gasteiger partial charge is 0.222 e. The van der Waals surface area contributed by atoms with Crippen LogP contribution in [-0.2, 0) is 17.4 Å². The third kappa shape index (κ3) is 3.01. The molecule has 0 aliphatic carbocycles. The highest BCUT2D eigenvalue weighted by Gasteiger charge is 2.10. The second kappa shape index (κ2) is 6.42. The van der Waals surface area contributed by atoms with Crippen molar-refractivity contribution < 1.29 is 8.42 Å². The first-order valence-electron chi connectivity index (χ1n) is 8.22. The first-order chi connectivity index (χ1) is 12.5. The van der Waals surface area contributed by atoms with Gasteiger partial charge in [0.2, 0.25) is 10.9 Å². The molecule has 0 saturated heterocycles. The largest absolute Gasteiger partial charge is 0.325 e. The van der Waals surface area contributed by atoms with Gasteiger partial charge in [-0.05, 0) is 54.8 Å². The number of thiol groups is 1. The van der Waals surface area contributed by atoms with Crippen LogP contribution in [0, 0.1) is 13.8 Å². The van der Waals surface area contributed by atoms with E-state index >= 15 is 0 Å². The molecule has 4 rings (SSSR count). The van der Waals surface area contributed by atoms with Crippen molar-refractivity contribution in [2.75, 3.05) is 4.72 Å². The Bertz CT molecular complexity index is 1200. The Kier molecular flexibility index (Phi) is 4.08. The van der Waals surface area contributed by atoms with Crippen molar-refractivity contribution in [3.63, 3.8) is 0 Å². The fourth-order valence-electron chi connectivity index (χ4n) is 3.17. The van der Waals surface area contributed by atoms with Crippen LogP contribution in [0.25, 0.3) is 21.9 Å². The number of anilines is 1. The molecule has 132 valence electrons. The monoisotopic (exact) mass is 366 g/mol. The lowest BCUT2D eigenvalue weighted by Crippen LogP contribution is -2.01. The summed E-state index contributed by atoms with van der Waals surface area (Å²) in [5.74, 6) is 0. The molecule has 0 saturated carbocycles. The van der Waals surface area contributed by atoms with Crippen molar-refractivity contribution in [2.45, 2.75) is 20.4 Å². The van der Waals surface area contributed by atoms with E-state index in [9.17, 15) is 8.42 Å². The number of nitrogens with zero attached hydrogens (tertiary/aromatic N) is 3. The molecule has 6 nitrogen and oxygen atoms in total.